The van der Waals surface area contributed by atoms with E-state index in [1.807, 2.05) is 30.0 Å². The molecule has 1 saturated heterocycles. The number of sulfonamides is 1. The number of hydrogen-bond acceptors (Lipinski definition) is 6. The fourth-order valence-electron chi connectivity index (χ4n) is 3.13. The van der Waals surface area contributed by atoms with Crippen molar-refractivity contribution in [3.8, 4) is 0 Å². The Balaban J connectivity index is 0.00000320. The predicted octanol–water partition coefficient (Wildman–Crippen LogP) is 1.85. The number of guanidine groups is 1. The topological polar surface area (TPSA) is 105 Å². The van der Waals surface area contributed by atoms with E-state index in [9.17, 15) is 8.42 Å². The van der Waals surface area contributed by atoms with Gasteiger partial charge in [-0.05, 0) is 38.1 Å². The standard InChI is InChI=1S/C18H29N7O2S2.HI/c1-4-29(26,27)25-9-7-15(8-10-25)21-18(19-12-16-6-5-11-28-16)20-13-17-23-22-14(2)24(17)3;/h5-6,11,15H,4,7-10,12-13H2,1-3H3,(H2,19,20,21);1H. The summed E-state index contributed by atoms with van der Waals surface area (Å²) in [6, 6.07) is 4.28. The minimum absolute atomic E-state index is 0. The lowest BCUT2D eigenvalue weighted by Crippen LogP contribution is -2.49. The number of hydrogen-bond donors (Lipinski definition) is 2. The normalized spacial score (nSPS) is 16.3. The maximum absolute atomic E-state index is 12.1. The molecular weight excluding hydrogens is 537 g/mol. The van der Waals surface area contributed by atoms with Crippen LogP contribution in [0, 0.1) is 6.92 Å². The molecule has 0 amide bonds. The lowest BCUT2D eigenvalue weighted by Gasteiger charge is -2.32. The number of aryl methyl sites for hydroxylation is 1. The zero-order valence-corrected chi connectivity index (χ0v) is 21.5. The average Bonchev–Trinajstić information content (AvgIpc) is 3.35. The molecule has 0 aliphatic carbocycles. The van der Waals surface area contributed by atoms with Crippen molar-refractivity contribution in [2.45, 2.75) is 45.8 Å². The van der Waals surface area contributed by atoms with Crippen molar-refractivity contribution >= 4 is 51.3 Å². The largest absolute Gasteiger partial charge is 0.354 e. The van der Waals surface area contributed by atoms with E-state index in [0.717, 1.165) is 24.5 Å². The average molecular weight is 568 g/mol. The molecule has 0 aromatic carbocycles. The monoisotopic (exact) mass is 567 g/mol. The van der Waals surface area contributed by atoms with E-state index < -0.39 is 10.0 Å². The number of rotatable bonds is 7. The van der Waals surface area contributed by atoms with Crippen molar-refractivity contribution in [3.05, 3.63) is 34.0 Å². The molecule has 0 atom stereocenters. The van der Waals surface area contributed by atoms with Gasteiger partial charge in [0.25, 0.3) is 0 Å². The fraction of sp³-hybridized carbons (Fsp3) is 0.611. The van der Waals surface area contributed by atoms with Crippen molar-refractivity contribution in [2.75, 3.05) is 18.8 Å². The molecule has 9 nitrogen and oxygen atoms in total. The summed E-state index contributed by atoms with van der Waals surface area (Å²) in [6.45, 7) is 5.77. The first-order valence-corrected chi connectivity index (χ1v) is 12.3. The maximum Gasteiger partial charge on any atom is 0.213 e. The summed E-state index contributed by atoms with van der Waals surface area (Å²) in [5, 5.41) is 17.1. The minimum Gasteiger partial charge on any atom is -0.354 e. The first-order chi connectivity index (χ1) is 13.9. The van der Waals surface area contributed by atoms with E-state index in [1.165, 1.54) is 4.88 Å². The Morgan fingerprint density at radius 1 is 1.33 bits per heavy atom. The van der Waals surface area contributed by atoms with Crippen LogP contribution in [0.1, 0.15) is 36.3 Å². The third-order valence-electron chi connectivity index (χ3n) is 5.12. The van der Waals surface area contributed by atoms with Crippen LogP contribution in [0.3, 0.4) is 0 Å². The first-order valence-electron chi connectivity index (χ1n) is 9.79. The van der Waals surface area contributed by atoms with E-state index in [2.05, 4.69) is 31.9 Å². The van der Waals surface area contributed by atoms with Gasteiger partial charge in [-0.3, -0.25) is 0 Å². The second-order valence-corrected chi connectivity index (χ2v) is 10.3. The number of halogens is 1. The third-order valence-corrected chi connectivity index (χ3v) is 7.88. The molecule has 2 N–H and O–H groups in total. The van der Waals surface area contributed by atoms with Crippen molar-refractivity contribution in [2.24, 2.45) is 12.0 Å². The van der Waals surface area contributed by atoms with Gasteiger partial charge in [0.15, 0.2) is 11.8 Å². The molecule has 1 fully saturated rings. The Labute approximate surface area is 199 Å². The van der Waals surface area contributed by atoms with Crippen molar-refractivity contribution in [3.63, 3.8) is 0 Å². The highest BCUT2D eigenvalue weighted by molar-refractivity contribution is 14.0. The lowest BCUT2D eigenvalue weighted by atomic mass is 10.1. The molecular formula is C18H30IN7O2S2. The van der Waals surface area contributed by atoms with Crippen LogP contribution in [-0.2, 0) is 30.2 Å². The first kappa shape index (κ1) is 25.0. The molecule has 168 valence electrons. The van der Waals surface area contributed by atoms with Gasteiger partial charge in [-0.25, -0.2) is 17.7 Å². The van der Waals surface area contributed by atoms with Crippen LogP contribution in [0.2, 0.25) is 0 Å². The molecule has 0 unspecified atom stereocenters. The van der Waals surface area contributed by atoms with Gasteiger partial charge in [0.1, 0.15) is 12.4 Å². The van der Waals surface area contributed by atoms with Gasteiger partial charge in [-0.1, -0.05) is 6.07 Å². The molecule has 2 aromatic rings. The van der Waals surface area contributed by atoms with Gasteiger partial charge in [-0.15, -0.1) is 45.5 Å². The third kappa shape index (κ3) is 6.62. The quantitative estimate of drug-likeness (QED) is 0.301. The molecule has 2 aromatic heterocycles. The molecule has 1 aliphatic rings. The molecule has 1 aliphatic heterocycles. The predicted molar refractivity (Wildman–Crippen MR) is 131 cm³/mol. The van der Waals surface area contributed by atoms with Gasteiger partial charge >= 0.3 is 0 Å². The van der Waals surface area contributed by atoms with Gasteiger partial charge in [0.2, 0.25) is 10.0 Å². The molecule has 0 spiro atoms. The summed E-state index contributed by atoms with van der Waals surface area (Å²) in [5.74, 6) is 2.50. The number of piperidine rings is 1. The summed E-state index contributed by atoms with van der Waals surface area (Å²) in [6.07, 6.45) is 1.50. The highest BCUT2D eigenvalue weighted by Crippen LogP contribution is 2.15. The summed E-state index contributed by atoms with van der Waals surface area (Å²) >= 11 is 1.69. The van der Waals surface area contributed by atoms with E-state index in [4.69, 9.17) is 0 Å². The van der Waals surface area contributed by atoms with E-state index in [-0.39, 0.29) is 35.8 Å². The SMILES string of the molecule is CCS(=O)(=O)N1CCC(NC(=NCc2nnc(C)n2C)NCc2cccs2)CC1.I. The molecule has 0 bridgehead atoms. The number of nitrogens with one attached hydrogen (secondary N) is 2. The summed E-state index contributed by atoms with van der Waals surface area (Å²) in [5.41, 5.74) is 0. The van der Waals surface area contributed by atoms with Crippen LogP contribution in [0.4, 0.5) is 0 Å². The van der Waals surface area contributed by atoms with Crippen LogP contribution in [0.5, 0.6) is 0 Å². The van der Waals surface area contributed by atoms with E-state index in [0.29, 0.717) is 32.1 Å². The Morgan fingerprint density at radius 3 is 2.63 bits per heavy atom. The summed E-state index contributed by atoms with van der Waals surface area (Å²) in [4.78, 5) is 5.91. The van der Waals surface area contributed by atoms with Crippen LogP contribution in [0.15, 0.2) is 22.5 Å². The minimum atomic E-state index is -3.12. The molecule has 0 saturated carbocycles. The van der Waals surface area contributed by atoms with Gasteiger partial charge in [-0.2, -0.15) is 0 Å². The Hall–Kier alpha value is -1.25. The highest BCUT2D eigenvalue weighted by Gasteiger charge is 2.27. The molecule has 30 heavy (non-hydrogen) atoms. The summed E-state index contributed by atoms with van der Waals surface area (Å²) < 4.78 is 27.6. The van der Waals surface area contributed by atoms with Crippen LogP contribution in [-0.4, -0.2) is 58.3 Å². The van der Waals surface area contributed by atoms with Crippen molar-refractivity contribution in [1.29, 1.82) is 0 Å². The number of aliphatic imine (C=N–C) groups is 1. The van der Waals surface area contributed by atoms with Crippen LogP contribution < -0.4 is 10.6 Å². The Bertz CT molecular complexity index is 920. The van der Waals surface area contributed by atoms with Gasteiger partial charge in [0, 0.05) is 31.1 Å². The fourth-order valence-corrected chi connectivity index (χ4v) is 4.91. The van der Waals surface area contributed by atoms with Gasteiger partial charge in [0.05, 0.1) is 12.3 Å². The smallest absolute Gasteiger partial charge is 0.213 e. The van der Waals surface area contributed by atoms with Crippen molar-refractivity contribution in [1.82, 2.24) is 29.7 Å². The highest BCUT2D eigenvalue weighted by atomic mass is 127. The van der Waals surface area contributed by atoms with E-state index >= 15 is 0 Å². The molecule has 3 heterocycles. The Kier molecular flexibility index (Phi) is 9.50. The summed E-state index contributed by atoms with van der Waals surface area (Å²) in [7, 11) is -1.19. The number of nitrogens with zero attached hydrogens (tertiary/aromatic N) is 5. The van der Waals surface area contributed by atoms with E-state index in [1.54, 1.807) is 22.6 Å². The van der Waals surface area contributed by atoms with Crippen LogP contribution in [0.25, 0.3) is 0 Å². The zero-order chi connectivity index (χ0) is 20.9. The Morgan fingerprint density at radius 2 is 2.07 bits per heavy atom. The number of aromatic nitrogens is 3. The van der Waals surface area contributed by atoms with Gasteiger partial charge < -0.3 is 15.2 Å². The lowest BCUT2D eigenvalue weighted by molar-refractivity contribution is 0.306. The molecule has 12 heteroatoms. The second-order valence-electron chi connectivity index (χ2n) is 7.04. The second kappa shape index (κ2) is 11.4. The number of thiophene rings is 1. The zero-order valence-electron chi connectivity index (χ0n) is 17.5. The van der Waals surface area contributed by atoms with Crippen molar-refractivity contribution < 1.29 is 8.42 Å². The molecule has 3 rings (SSSR count). The molecule has 0 radical (unpaired) electrons. The maximum atomic E-state index is 12.1. The van der Waals surface area contributed by atoms with Crippen LogP contribution >= 0.6 is 35.3 Å².